The summed E-state index contributed by atoms with van der Waals surface area (Å²) in [5, 5.41) is 3.28. The lowest BCUT2D eigenvalue weighted by atomic mass is 10.0. The van der Waals surface area contributed by atoms with Crippen molar-refractivity contribution in [2.45, 2.75) is 44.4 Å². The molecule has 1 atom stereocenters. The van der Waals surface area contributed by atoms with Gasteiger partial charge in [0.15, 0.2) is 5.78 Å². The first-order valence-corrected chi connectivity index (χ1v) is 13.4. The molecule has 1 aliphatic carbocycles. The fourth-order valence-electron chi connectivity index (χ4n) is 5.03. The molecule has 1 heterocycles. The van der Waals surface area contributed by atoms with Crippen LogP contribution in [0.1, 0.15) is 58.8 Å². The van der Waals surface area contributed by atoms with E-state index < -0.39 is 29.0 Å². The largest absolute Gasteiger partial charge is 0.461 e. The molecule has 1 fully saturated rings. The third-order valence-electron chi connectivity index (χ3n) is 7.21. The summed E-state index contributed by atoms with van der Waals surface area (Å²) in [6, 6.07) is 20.6. The molecule has 1 unspecified atom stereocenters. The van der Waals surface area contributed by atoms with Crippen LogP contribution in [-0.4, -0.2) is 22.4 Å². The van der Waals surface area contributed by atoms with Gasteiger partial charge in [-0.15, -0.1) is 0 Å². The number of esters is 1. The summed E-state index contributed by atoms with van der Waals surface area (Å²) >= 11 is 0. The van der Waals surface area contributed by atoms with Crippen molar-refractivity contribution in [2.75, 3.05) is 5.73 Å². The Morgan fingerprint density at radius 3 is 2.29 bits per heavy atom. The molecule has 1 saturated carbocycles. The van der Waals surface area contributed by atoms with Crippen molar-refractivity contribution < 1.29 is 23.1 Å². The van der Waals surface area contributed by atoms with E-state index in [4.69, 9.17) is 10.5 Å². The van der Waals surface area contributed by atoms with E-state index in [1.165, 1.54) is 12.1 Å². The Kier molecular flexibility index (Phi) is 8.35. The van der Waals surface area contributed by atoms with Gasteiger partial charge < -0.3 is 10.5 Å². The number of carbonyl (C=O) groups is 2. The summed E-state index contributed by atoms with van der Waals surface area (Å²) in [6.45, 7) is 0.340. The van der Waals surface area contributed by atoms with Crippen LogP contribution in [0.15, 0.2) is 89.7 Å². The molecule has 9 heteroatoms. The predicted molar refractivity (Wildman–Crippen MR) is 151 cm³/mol. The Balaban J connectivity index is 1.35. The fourth-order valence-corrected chi connectivity index (χ4v) is 5.03. The van der Waals surface area contributed by atoms with E-state index >= 15 is 0 Å². The molecule has 0 aliphatic heterocycles. The van der Waals surface area contributed by atoms with Crippen LogP contribution in [-0.2, 0) is 16.1 Å². The van der Waals surface area contributed by atoms with E-state index in [-0.39, 0.29) is 29.0 Å². The zero-order chi connectivity index (χ0) is 28.9. The van der Waals surface area contributed by atoms with E-state index in [2.05, 4.69) is 5.32 Å². The maximum absolute atomic E-state index is 14.2. The van der Waals surface area contributed by atoms with Crippen LogP contribution in [0.3, 0.4) is 0 Å². The smallest absolute Gasteiger partial charge is 0.328 e. The topological polar surface area (TPSA) is 103 Å². The highest BCUT2D eigenvalue weighted by atomic mass is 19.1. The Hall–Kier alpha value is -4.63. The number of hydrogen-bond acceptors (Lipinski definition) is 6. The number of ether oxygens (including phenoxy) is 1. The maximum Gasteiger partial charge on any atom is 0.328 e. The summed E-state index contributed by atoms with van der Waals surface area (Å²) in [5.41, 5.74) is 7.31. The van der Waals surface area contributed by atoms with Gasteiger partial charge in [0.1, 0.15) is 29.6 Å². The lowest BCUT2D eigenvalue weighted by molar-refractivity contribution is -0.151. The van der Waals surface area contributed by atoms with Gasteiger partial charge in [-0.3, -0.25) is 19.5 Å². The van der Waals surface area contributed by atoms with Crippen LogP contribution in [0, 0.1) is 11.6 Å². The normalized spacial score (nSPS) is 14.1. The molecular weight excluding hydrogens is 528 g/mol. The van der Waals surface area contributed by atoms with Crippen molar-refractivity contribution in [1.82, 2.24) is 9.88 Å². The molecule has 3 N–H and O–H groups in total. The van der Waals surface area contributed by atoms with Crippen LogP contribution in [0.4, 0.5) is 14.6 Å². The number of ketones is 1. The van der Waals surface area contributed by atoms with Gasteiger partial charge in [0.05, 0.1) is 16.8 Å². The summed E-state index contributed by atoms with van der Waals surface area (Å²) in [6.07, 6.45) is 3.81. The number of rotatable bonds is 9. The van der Waals surface area contributed by atoms with Crippen molar-refractivity contribution in [2.24, 2.45) is 0 Å². The van der Waals surface area contributed by atoms with Crippen molar-refractivity contribution in [1.29, 1.82) is 0 Å². The molecule has 41 heavy (non-hydrogen) atoms. The second-order valence-corrected chi connectivity index (χ2v) is 9.99. The molecule has 1 aliphatic rings. The van der Waals surface area contributed by atoms with Gasteiger partial charge in [-0.2, -0.15) is 0 Å². The van der Waals surface area contributed by atoms with Crippen molar-refractivity contribution in [3.8, 4) is 5.69 Å². The van der Waals surface area contributed by atoms with Crippen molar-refractivity contribution in [3.63, 3.8) is 0 Å². The first-order chi connectivity index (χ1) is 19.8. The zero-order valence-corrected chi connectivity index (χ0v) is 22.2. The highest BCUT2D eigenvalue weighted by molar-refractivity contribution is 6.11. The van der Waals surface area contributed by atoms with E-state index in [9.17, 15) is 23.2 Å². The molecule has 0 bridgehead atoms. The van der Waals surface area contributed by atoms with Gasteiger partial charge in [-0.05, 0) is 67.1 Å². The van der Waals surface area contributed by atoms with Gasteiger partial charge in [0.25, 0.3) is 5.56 Å². The van der Waals surface area contributed by atoms with Gasteiger partial charge in [0, 0.05) is 18.7 Å². The van der Waals surface area contributed by atoms with E-state index in [1.54, 1.807) is 24.3 Å². The summed E-state index contributed by atoms with van der Waals surface area (Å²) < 4.78 is 34.5. The molecule has 7 nitrogen and oxygen atoms in total. The van der Waals surface area contributed by atoms with Crippen molar-refractivity contribution in [3.05, 3.63) is 129 Å². The van der Waals surface area contributed by atoms with Gasteiger partial charge in [-0.1, -0.05) is 42.5 Å². The lowest BCUT2D eigenvalue weighted by Crippen LogP contribution is -2.32. The number of anilines is 1. The highest BCUT2D eigenvalue weighted by Crippen LogP contribution is 2.25. The molecule has 0 amide bonds. The number of aromatic nitrogens is 1. The molecule has 4 aromatic rings. The van der Waals surface area contributed by atoms with E-state index in [1.807, 2.05) is 30.3 Å². The lowest BCUT2D eigenvalue weighted by Gasteiger charge is -2.21. The number of hydrogen-bond donors (Lipinski definition) is 2. The van der Waals surface area contributed by atoms with Crippen LogP contribution in [0.2, 0.25) is 0 Å². The van der Waals surface area contributed by atoms with E-state index in [0.717, 1.165) is 53.5 Å². The first kappa shape index (κ1) is 27.9. The number of nitrogens with two attached hydrogens (primary N) is 1. The minimum Gasteiger partial charge on any atom is -0.461 e. The monoisotopic (exact) mass is 557 g/mol. The fraction of sp³-hybridized carbons (Fsp3) is 0.219. The molecule has 0 saturated heterocycles. The minimum atomic E-state index is -1.02. The first-order valence-electron chi connectivity index (χ1n) is 13.4. The number of pyridine rings is 1. The van der Waals surface area contributed by atoms with Crippen LogP contribution in [0.5, 0.6) is 0 Å². The average Bonchev–Trinajstić information content (AvgIpc) is 3.47. The van der Waals surface area contributed by atoms with Crippen LogP contribution < -0.4 is 16.6 Å². The SMILES string of the molecule is Nc1c(C(=O)c2ccc(F)cc2F)ccc(=O)n1-c1ccc(CNC(C(=O)OC2CCCC2)c2ccccc2)cc1. The Bertz CT molecular complexity index is 1610. The molecule has 0 radical (unpaired) electrons. The number of nitrogen functional groups attached to an aromatic ring is 1. The van der Waals surface area contributed by atoms with Crippen LogP contribution >= 0.6 is 0 Å². The number of nitrogens with zero attached hydrogens (tertiary/aromatic N) is 1. The third kappa shape index (κ3) is 6.25. The molecule has 210 valence electrons. The summed E-state index contributed by atoms with van der Waals surface area (Å²) in [4.78, 5) is 38.8. The van der Waals surface area contributed by atoms with Gasteiger partial charge in [0.2, 0.25) is 0 Å². The molecule has 3 aromatic carbocycles. The Labute approximate surface area is 235 Å². The van der Waals surface area contributed by atoms with Gasteiger partial charge >= 0.3 is 5.97 Å². The van der Waals surface area contributed by atoms with Crippen LogP contribution in [0.25, 0.3) is 5.69 Å². The molecular formula is C32H29F2N3O4. The summed E-state index contributed by atoms with van der Waals surface area (Å²) in [5.74, 6) is -3.10. The van der Waals surface area contributed by atoms with E-state index in [0.29, 0.717) is 18.3 Å². The average molecular weight is 558 g/mol. The molecule has 1 aromatic heterocycles. The number of carbonyl (C=O) groups excluding carboxylic acids is 2. The Morgan fingerprint density at radius 1 is 0.927 bits per heavy atom. The predicted octanol–water partition coefficient (Wildman–Crippen LogP) is 5.25. The maximum atomic E-state index is 14.2. The number of nitrogens with one attached hydrogen (secondary N) is 1. The van der Waals surface area contributed by atoms with Gasteiger partial charge in [-0.25, -0.2) is 13.6 Å². The highest BCUT2D eigenvalue weighted by Gasteiger charge is 2.26. The quantitative estimate of drug-likeness (QED) is 0.215. The standard InChI is InChI=1S/C32H29F2N3O4/c33-22-12-15-25(27(34)18-22)30(39)26-16-17-28(38)37(31(26)35)23-13-10-20(11-14-23)19-36-29(21-6-2-1-3-7-21)32(40)41-24-8-4-5-9-24/h1-3,6-7,10-18,24,29,36H,4-5,8-9,19,35H2. The minimum absolute atomic E-state index is 0.0549. The molecule has 5 rings (SSSR count). The number of halogens is 2. The second-order valence-electron chi connectivity index (χ2n) is 9.99. The van der Waals surface area contributed by atoms with Crippen molar-refractivity contribution >= 4 is 17.6 Å². The second kappa shape index (κ2) is 12.3. The summed E-state index contributed by atoms with van der Waals surface area (Å²) in [7, 11) is 0. The molecule has 0 spiro atoms. The zero-order valence-electron chi connectivity index (χ0n) is 22.2. The Morgan fingerprint density at radius 2 is 1.61 bits per heavy atom. The third-order valence-corrected chi connectivity index (χ3v) is 7.21. The number of benzene rings is 3.